The standard InChI is InChI=1S/C16H19FN2O4S/c17-13-3-5-14(6-4-13)24(20,21)18-12-15(16-2-1-9-23-16)19-7-10-22-11-8-19/h1-6,9,15,18H,7-8,10-12H2/t15-/m0/s1. The SMILES string of the molecule is O=S(=O)(NC[C@@H](c1ccco1)N1CCOCC1)c1ccc(F)cc1. The van der Waals surface area contributed by atoms with Crippen molar-refractivity contribution in [3.8, 4) is 0 Å². The monoisotopic (exact) mass is 354 g/mol. The van der Waals surface area contributed by atoms with Crippen LogP contribution in [0.2, 0.25) is 0 Å². The van der Waals surface area contributed by atoms with Crippen molar-refractivity contribution < 1.29 is 22.0 Å². The highest BCUT2D eigenvalue weighted by Gasteiger charge is 2.26. The van der Waals surface area contributed by atoms with E-state index in [-0.39, 0.29) is 17.5 Å². The summed E-state index contributed by atoms with van der Waals surface area (Å²) < 4.78 is 51.2. The molecule has 130 valence electrons. The van der Waals surface area contributed by atoms with Crippen molar-refractivity contribution in [3.05, 3.63) is 54.2 Å². The number of morpholine rings is 1. The molecular weight excluding hydrogens is 335 g/mol. The minimum absolute atomic E-state index is 0.0315. The fraction of sp³-hybridized carbons (Fsp3) is 0.375. The van der Waals surface area contributed by atoms with Gasteiger partial charge in [-0.25, -0.2) is 17.5 Å². The Balaban J connectivity index is 1.74. The fourth-order valence-electron chi connectivity index (χ4n) is 2.67. The Kier molecular flexibility index (Phi) is 5.30. The number of furan rings is 1. The second kappa shape index (κ2) is 7.43. The van der Waals surface area contributed by atoms with Gasteiger partial charge in [-0.15, -0.1) is 0 Å². The van der Waals surface area contributed by atoms with Gasteiger partial charge in [0.1, 0.15) is 11.6 Å². The topological polar surface area (TPSA) is 71.8 Å². The van der Waals surface area contributed by atoms with Gasteiger partial charge in [0.2, 0.25) is 10.0 Å². The number of rotatable bonds is 6. The zero-order valence-corrected chi connectivity index (χ0v) is 13.8. The molecule has 1 aromatic heterocycles. The van der Waals surface area contributed by atoms with E-state index in [1.54, 1.807) is 12.3 Å². The van der Waals surface area contributed by atoms with Crippen LogP contribution in [0.25, 0.3) is 0 Å². The lowest BCUT2D eigenvalue weighted by Gasteiger charge is -2.33. The number of halogens is 1. The third-order valence-electron chi connectivity index (χ3n) is 3.95. The highest BCUT2D eigenvalue weighted by atomic mass is 32.2. The van der Waals surface area contributed by atoms with Crippen molar-refractivity contribution in [2.75, 3.05) is 32.8 Å². The van der Waals surface area contributed by atoms with Gasteiger partial charge in [-0.2, -0.15) is 0 Å². The summed E-state index contributed by atoms with van der Waals surface area (Å²) in [4.78, 5) is 2.15. The minimum Gasteiger partial charge on any atom is -0.468 e. The molecule has 1 fully saturated rings. The lowest BCUT2D eigenvalue weighted by Crippen LogP contribution is -2.43. The molecule has 0 amide bonds. The highest BCUT2D eigenvalue weighted by molar-refractivity contribution is 7.89. The largest absolute Gasteiger partial charge is 0.468 e. The molecule has 0 radical (unpaired) electrons. The number of hydrogen-bond acceptors (Lipinski definition) is 5. The number of nitrogens with one attached hydrogen (secondary N) is 1. The third kappa shape index (κ3) is 4.02. The summed E-state index contributed by atoms with van der Waals surface area (Å²) in [5, 5.41) is 0. The molecule has 2 aromatic rings. The van der Waals surface area contributed by atoms with Crippen molar-refractivity contribution in [1.29, 1.82) is 0 Å². The molecule has 1 atom stereocenters. The van der Waals surface area contributed by atoms with Crippen molar-refractivity contribution in [2.45, 2.75) is 10.9 Å². The molecule has 1 N–H and O–H groups in total. The maximum absolute atomic E-state index is 13.0. The Morgan fingerprint density at radius 2 is 1.88 bits per heavy atom. The molecule has 0 saturated carbocycles. The number of benzene rings is 1. The molecule has 1 saturated heterocycles. The van der Waals surface area contributed by atoms with Gasteiger partial charge in [0.15, 0.2) is 0 Å². The van der Waals surface area contributed by atoms with Gasteiger partial charge in [0, 0.05) is 19.6 Å². The van der Waals surface area contributed by atoms with Gasteiger partial charge in [0.25, 0.3) is 0 Å². The van der Waals surface area contributed by atoms with E-state index in [4.69, 9.17) is 9.15 Å². The molecule has 8 heteroatoms. The van der Waals surface area contributed by atoms with Gasteiger partial charge in [-0.3, -0.25) is 4.90 Å². The molecule has 1 aliphatic heterocycles. The molecule has 24 heavy (non-hydrogen) atoms. The summed E-state index contributed by atoms with van der Waals surface area (Å²) in [5.74, 6) is 0.217. The van der Waals surface area contributed by atoms with E-state index < -0.39 is 15.8 Å². The molecule has 1 aromatic carbocycles. The highest BCUT2D eigenvalue weighted by Crippen LogP contribution is 2.22. The predicted molar refractivity (Wildman–Crippen MR) is 85.4 cm³/mol. The molecule has 0 aliphatic carbocycles. The Morgan fingerprint density at radius 1 is 1.17 bits per heavy atom. The van der Waals surface area contributed by atoms with Crippen molar-refractivity contribution in [1.82, 2.24) is 9.62 Å². The lowest BCUT2D eigenvalue weighted by molar-refractivity contribution is 0.0128. The first-order valence-electron chi connectivity index (χ1n) is 7.67. The molecule has 0 bridgehead atoms. The molecular formula is C16H19FN2O4S. The average Bonchev–Trinajstić information content (AvgIpc) is 3.11. The zero-order valence-electron chi connectivity index (χ0n) is 13.0. The van der Waals surface area contributed by atoms with Crippen LogP contribution in [0.15, 0.2) is 52.0 Å². The Bertz CT molecular complexity index is 741. The third-order valence-corrected chi connectivity index (χ3v) is 5.39. The Morgan fingerprint density at radius 3 is 2.50 bits per heavy atom. The summed E-state index contributed by atoms with van der Waals surface area (Å²) in [6.07, 6.45) is 1.57. The van der Waals surface area contributed by atoms with Crippen molar-refractivity contribution in [2.24, 2.45) is 0 Å². The maximum atomic E-state index is 13.0. The first-order valence-corrected chi connectivity index (χ1v) is 9.15. The van der Waals surface area contributed by atoms with E-state index in [1.165, 1.54) is 12.1 Å². The molecule has 3 rings (SSSR count). The second-order valence-corrected chi connectivity index (χ2v) is 7.25. The number of sulfonamides is 1. The van der Waals surface area contributed by atoms with Crippen LogP contribution in [-0.4, -0.2) is 46.2 Å². The summed E-state index contributed by atoms with van der Waals surface area (Å²) in [5.41, 5.74) is 0. The van der Waals surface area contributed by atoms with E-state index in [9.17, 15) is 12.8 Å². The number of ether oxygens (including phenoxy) is 1. The van der Waals surface area contributed by atoms with Crippen LogP contribution in [0.5, 0.6) is 0 Å². The number of hydrogen-bond donors (Lipinski definition) is 1. The van der Waals surface area contributed by atoms with Gasteiger partial charge in [0.05, 0.1) is 30.4 Å². The zero-order chi connectivity index (χ0) is 17.0. The molecule has 0 spiro atoms. The quantitative estimate of drug-likeness (QED) is 0.856. The molecule has 2 heterocycles. The van der Waals surface area contributed by atoms with Crippen LogP contribution in [0.1, 0.15) is 11.8 Å². The van der Waals surface area contributed by atoms with Gasteiger partial charge < -0.3 is 9.15 Å². The van der Waals surface area contributed by atoms with Gasteiger partial charge in [-0.1, -0.05) is 0 Å². The molecule has 1 aliphatic rings. The first-order chi connectivity index (χ1) is 11.6. The van der Waals surface area contributed by atoms with Crippen LogP contribution in [0.4, 0.5) is 4.39 Å². The first kappa shape index (κ1) is 17.1. The van der Waals surface area contributed by atoms with Gasteiger partial charge >= 0.3 is 0 Å². The van der Waals surface area contributed by atoms with Gasteiger partial charge in [-0.05, 0) is 36.4 Å². The van der Waals surface area contributed by atoms with Crippen LogP contribution in [-0.2, 0) is 14.8 Å². The normalized spacial score (nSPS) is 17.7. The minimum atomic E-state index is -3.72. The molecule has 6 nitrogen and oxygen atoms in total. The lowest BCUT2D eigenvalue weighted by atomic mass is 10.2. The van der Waals surface area contributed by atoms with Crippen LogP contribution in [0, 0.1) is 5.82 Å². The second-order valence-electron chi connectivity index (χ2n) is 5.49. The summed E-state index contributed by atoms with van der Waals surface area (Å²) in [6.45, 7) is 2.75. The fourth-order valence-corrected chi connectivity index (χ4v) is 3.70. The summed E-state index contributed by atoms with van der Waals surface area (Å²) in [7, 11) is -3.72. The smallest absolute Gasteiger partial charge is 0.240 e. The van der Waals surface area contributed by atoms with E-state index in [2.05, 4.69) is 9.62 Å². The number of nitrogens with zero attached hydrogens (tertiary/aromatic N) is 1. The Hall–Kier alpha value is -1.74. The molecule has 0 unspecified atom stereocenters. The predicted octanol–water partition coefficient (Wildman–Crippen LogP) is 1.77. The maximum Gasteiger partial charge on any atom is 0.240 e. The van der Waals surface area contributed by atoms with E-state index in [1.807, 2.05) is 6.07 Å². The average molecular weight is 354 g/mol. The van der Waals surface area contributed by atoms with Crippen molar-refractivity contribution >= 4 is 10.0 Å². The van der Waals surface area contributed by atoms with Crippen molar-refractivity contribution in [3.63, 3.8) is 0 Å². The van der Waals surface area contributed by atoms with Crippen LogP contribution >= 0.6 is 0 Å². The summed E-state index contributed by atoms with van der Waals surface area (Å²) in [6, 6.07) is 8.12. The van der Waals surface area contributed by atoms with E-state index in [0.717, 1.165) is 12.1 Å². The van der Waals surface area contributed by atoms with Crippen LogP contribution in [0.3, 0.4) is 0 Å². The van der Waals surface area contributed by atoms with E-state index in [0.29, 0.717) is 32.1 Å². The Labute approximate surface area is 140 Å². The summed E-state index contributed by atoms with van der Waals surface area (Å²) >= 11 is 0. The van der Waals surface area contributed by atoms with E-state index >= 15 is 0 Å². The van der Waals surface area contributed by atoms with Crippen LogP contribution < -0.4 is 4.72 Å².